The highest BCUT2D eigenvalue weighted by Gasteiger charge is 2.42. The van der Waals surface area contributed by atoms with E-state index in [4.69, 9.17) is 0 Å². The monoisotopic (exact) mass is 293 g/mol. The van der Waals surface area contributed by atoms with E-state index in [1.807, 2.05) is 37.3 Å². The molecule has 0 unspecified atom stereocenters. The fraction of sp³-hybridized carbons (Fsp3) is 0.350. The summed E-state index contributed by atoms with van der Waals surface area (Å²) in [6, 6.07) is 16.4. The van der Waals surface area contributed by atoms with Crippen molar-refractivity contribution in [1.29, 1.82) is 0 Å². The SMILES string of the molecule is Cc1ccc(NC(=O)C2(c3ccccc3)CCCC2)c(C)c1. The number of amides is 1. The van der Waals surface area contributed by atoms with Gasteiger partial charge in [-0.1, -0.05) is 60.9 Å². The van der Waals surface area contributed by atoms with Crippen LogP contribution in [0, 0.1) is 13.8 Å². The van der Waals surface area contributed by atoms with Crippen molar-refractivity contribution in [2.24, 2.45) is 0 Å². The molecule has 0 spiro atoms. The Hall–Kier alpha value is -2.09. The summed E-state index contributed by atoms with van der Waals surface area (Å²) in [7, 11) is 0. The summed E-state index contributed by atoms with van der Waals surface area (Å²) >= 11 is 0. The van der Waals surface area contributed by atoms with Gasteiger partial charge >= 0.3 is 0 Å². The molecule has 2 nitrogen and oxygen atoms in total. The van der Waals surface area contributed by atoms with Gasteiger partial charge in [0.1, 0.15) is 0 Å². The van der Waals surface area contributed by atoms with Crippen LogP contribution >= 0.6 is 0 Å². The fourth-order valence-electron chi connectivity index (χ4n) is 3.58. The highest BCUT2D eigenvalue weighted by atomic mass is 16.2. The van der Waals surface area contributed by atoms with E-state index >= 15 is 0 Å². The zero-order chi connectivity index (χ0) is 15.6. The highest BCUT2D eigenvalue weighted by Crippen LogP contribution is 2.42. The van der Waals surface area contributed by atoms with E-state index in [9.17, 15) is 4.79 Å². The van der Waals surface area contributed by atoms with Crippen molar-refractivity contribution in [3.63, 3.8) is 0 Å². The summed E-state index contributed by atoms with van der Waals surface area (Å²) in [4.78, 5) is 13.1. The standard InChI is InChI=1S/C20H23NO/c1-15-10-11-18(16(2)14-15)21-19(22)20(12-6-7-13-20)17-8-4-3-5-9-17/h3-5,8-11,14H,6-7,12-13H2,1-2H3,(H,21,22). The van der Waals surface area contributed by atoms with E-state index in [1.54, 1.807) is 0 Å². The Morgan fingerprint density at radius 3 is 2.32 bits per heavy atom. The lowest BCUT2D eigenvalue weighted by Crippen LogP contribution is -2.38. The van der Waals surface area contributed by atoms with Crippen molar-refractivity contribution in [3.8, 4) is 0 Å². The average Bonchev–Trinajstić information content (AvgIpc) is 3.02. The number of hydrogen-bond acceptors (Lipinski definition) is 1. The lowest BCUT2D eigenvalue weighted by atomic mass is 9.78. The Labute approximate surface area is 132 Å². The molecule has 1 saturated carbocycles. The first-order chi connectivity index (χ1) is 10.6. The molecule has 3 rings (SSSR count). The molecule has 2 aromatic carbocycles. The van der Waals surface area contributed by atoms with Crippen LogP contribution in [-0.4, -0.2) is 5.91 Å². The van der Waals surface area contributed by atoms with Crippen LogP contribution in [0.15, 0.2) is 48.5 Å². The molecule has 22 heavy (non-hydrogen) atoms. The quantitative estimate of drug-likeness (QED) is 0.869. The van der Waals surface area contributed by atoms with Gasteiger partial charge in [0.15, 0.2) is 0 Å². The van der Waals surface area contributed by atoms with Crippen LogP contribution in [0.5, 0.6) is 0 Å². The first-order valence-electron chi connectivity index (χ1n) is 8.06. The number of anilines is 1. The number of rotatable bonds is 3. The van der Waals surface area contributed by atoms with Crippen LogP contribution in [-0.2, 0) is 10.2 Å². The molecule has 0 atom stereocenters. The van der Waals surface area contributed by atoms with Crippen LogP contribution < -0.4 is 5.32 Å². The molecule has 0 aliphatic heterocycles. The molecule has 0 radical (unpaired) electrons. The maximum Gasteiger partial charge on any atom is 0.235 e. The summed E-state index contributed by atoms with van der Waals surface area (Å²) in [6.45, 7) is 4.12. The van der Waals surface area contributed by atoms with Crippen molar-refractivity contribution in [2.45, 2.75) is 44.9 Å². The first kappa shape index (κ1) is 14.8. The van der Waals surface area contributed by atoms with Crippen molar-refractivity contribution in [1.82, 2.24) is 0 Å². The van der Waals surface area contributed by atoms with E-state index in [1.165, 1.54) is 5.56 Å². The smallest absolute Gasteiger partial charge is 0.235 e. The summed E-state index contributed by atoms with van der Waals surface area (Å²) in [5.74, 6) is 0.142. The van der Waals surface area contributed by atoms with Crippen molar-refractivity contribution in [2.75, 3.05) is 5.32 Å². The number of carbonyl (C=O) groups is 1. The van der Waals surface area contributed by atoms with Gasteiger partial charge in [-0.3, -0.25) is 4.79 Å². The summed E-state index contributed by atoms with van der Waals surface area (Å²) < 4.78 is 0. The lowest BCUT2D eigenvalue weighted by molar-refractivity contribution is -0.121. The Balaban J connectivity index is 1.91. The first-order valence-corrected chi connectivity index (χ1v) is 8.06. The van der Waals surface area contributed by atoms with Crippen LogP contribution in [0.25, 0.3) is 0 Å². The predicted molar refractivity (Wildman–Crippen MR) is 91.1 cm³/mol. The van der Waals surface area contributed by atoms with Crippen molar-refractivity contribution < 1.29 is 4.79 Å². The highest BCUT2D eigenvalue weighted by molar-refractivity contribution is 6.00. The largest absolute Gasteiger partial charge is 0.325 e. The lowest BCUT2D eigenvalue weighted by Gasteiger charge is -2.28. The Morgan fingerprint density at radius 1 is 1.00 bits per heavy atom. The molecular formula is C20H23NO. The minimum absolute atomic E-state index is 0.142. The molecule has 0 saturated heterocycles. The van der Waals surface area contributed by atoms with E-state index in [0.717, 1.165) is 42.5 Å². The minimum Gasteiger partial charge on any atom is -0.325 e. The van der Waals surface area contributed by atoms with Gasteiger partial charge in [-0.05, 0) is 43.9 Å². The molecular weight excluding hydrogens is 270 g/mol. The van der Waals surface area contributed by atoms with E-state index in [0.29, 0.717) is 0 Å². The van der Waals surface area contributed by atoms with Crippen molar-refractivity contribution in [3.05, 3.63) is 65.2 Å². The molecule has 114 valence electrons. The molecule has 1 fully saturated rings. The molecule has 1 amide bonds. The van der Waals surface area contributed by atoms with Crippen LogP contribution in [0.3, 0.4) is 0 Å². The zero-order valence-electron chi connectivity index (χ0n) is 13.4. The molecule has 1 aliphatic rings. The van der Waals surface area contributed by atoms with Gasteiger partial charge in [0.2, 0.25) is 5.91 Å². The second kappa shape index (κ2) is 5.96. The summed E-state index contributed by atoms with van der Waals surface area (Å²) in [6.07, 6.45) is 4.12. The van der Waals surface area contributed by atoms with Gasteiger partial charge in [0.05, 0.1) is 5.41 Å². The van der Waals surface area contributed by atoms with Gasteiger partial charge in [-0.15, -0.1) is 0 Å². The average molecular weight is 293 g/mol. The number of aryl methyl sites for hydroxylation is 2. The van der Waals surface area contributed by atoms with Gasteiger partial charge < -0.3 is 5.32 Å². The summed E-state index contributed by atoms with van der Waals surface area (Å²) in [5.41, 5.74) is 4.05. The number of hydrogen-bond donors (Lipinski definition) is 1. The van der Waals surface area contributed by atoms with Gasteiger partial charge in [0.25, 0.3) is 0 Å². The molecule has 0 heterocycles. The summed E-state index contributed by atoms with van der Waals surface area (Å²) in [5, 5.41) is 3.18. The second-order valence-electron chi connectivity index (χ2n) is 6.43. The van der Waals surface area contributed by atoms with E-state index < -0.39 is 0 Å². The maximum absolute atomic E-state index is 13.1. The molecule has 0 aromatic heterocycles. The molecule has 0 bridgehead atoms. The zero-order valence-corrected chi connectivity index (χ0v) is 13.4. The molecule has 1 N–H and O–H groups in total. The number of nitrogens with one attached hydrogen (secondary N) is 1. The molecule has 2 heteroatoms. The van der Waals surface area contributed by atoms with Crippen LogP contribution in [0.1, 0.15) is 42.4 Å². The third-order valence-electron chi connectivity index (χ3n) is 4.85. The Bertz CT molecular complexity index is 669. The topological polar surface area (TPSA) is 29.1 Å². The molecule has 2 aromatic rings. The van der Waals surface area contributed by atoms with E-state index in [-0.39, 0.29) is 11.3 Å². The van der Waals surface area contributed by atoms with Crippen LogP contribution in [0.4, 0.5) is 5.69 Å². The normalized spacial score (nSPS) is 16.5. The van der Waals surface area contributed by atoms with Gasteiger partial charge in [-0.25, -0.2) is 0 Å². The number of benzene rings is 2. The minimum atomic E-state index is -0.363. The van der Waals surface area contributed by atoms with Gasteiger partial charge in [0, 0.05) is 5.69 Å². The predicted octanol–water partition coefficient (Wildman–Crippen LogP) is 4.75. The van der Waals surface area contributed by atoms with E-state index in [2.05, 4.69) is 30.4 Å². The van der Waals surface area contributed by atoms with Gasteiger partial charge in [-0.2, -0.15) is 0 Å². The maximum atomic E-state index is 13.1. The fourth-order valence-corrected chi connectivity index (χ4v) is 3.58. The molecule has 1 aliphatic carbocycles. The Kier molecular flexibility index (Phi) is 4.02. The number of carbonyl (C=O) groups excluding carboxylic acids is 1. The third kappa shape index (κ3) is 2.66. The second-order valence-corrected chi connectivity index (χ2v) is 6.43. The third-order valence-corrected chi connectivity index (χ3v) is 4.85. The Morgan fingerprint density at radius 2 is 1.68 bits per heavy atom. The van der Waals surface area contributed by atoms with Crippen molar-refractivity contribution >= 4 is 11.6 Å². The van der Waals surface area contributed by atoms with Crippen LogP contribution in [0.2, 0.25) is 0 Å².